The Morgan fingerprint density at radius 1 is 1.13 bits per heavy atom. The minimum absolute atomic E-state index is 0.211. The topological polar surface area (TPSA) is 79.9 Å². The molecule has 0 unspecified atom stereocenters. The summed E-state index contributed by atoms with van der Waals surface area (Å²) in [5, 5.41) is 7.60. The summed E-state index contributed by atoms with van der Waals surface area (Å²) in [6.07, 6.45) is 5.07. The van der Waals surface area contributed by atoms with Gasteiger partial charge < -0.3 is 25.0 Å². The number of nitrogens with one attached hydrogen (secondary N) is 2. The molecule has 1 aliphatic heterocycles. The molecular weight excluding hydrogens is 414 g/mol. The van der Waals surface area contributed by atoms with Gasteiger partial charge in [-0.2, -0.15) is 0 Å². The molecule has 7 nitrogen and oxygen atoms in total. The predicted octanol–water partition coefficient (Wildman–Crippen LogP) is 3.14. The number of methoxy groups -OCH3 is 2. The minimum Gasteiger partial charge on any atom is -0.493 e. The molecule has 166 valence electrons. The Morgan fingerprint density at radius 3 is 2.58 bits per heavy atom. The molecular formula is C23H29N3O4S. The average molecular weight is 444 g/mol. The number of carbonyl (C=O) groups is 2. The fourth-order valence-electron chi connectivity index (χ4n) is 3.45. The molecule has 31 heavy (non-hydrogen) atoms. The van der Waals surface area contributed by atoms with Gasteiger partial charge in [0.25, 0.3) is 11.8 Å². The van der Waals surface area contributed by atoms with Crippen LogP contribution in [0.2, 0.25) is 0 Å². The van der Waals surface area contributed by atoms with Crippen LogP contribution in [0.3, 0.4) is 0 Å². The fourth-order valence-corrected chi connectivity index (χ4v) is 4.11. The summed E-state index contributed by atoms with van der Waals surface area (Å²) in [7, 11) is 3.05. The van der Waals surface area contributed by atoms with Crippen LogP contribution < -0.4 is 20.1 Å². The molecule has 0 bridgehead atoms. The van der Waals surface area contributed by atoms with E-state index < -0.39 is 5.91 Å². The van der Waals surface area contributed by atoms with Crippen molar-refractivity contribution in [1.82, 2.24) is 15.5 Å². The number of hydrogen-bond acceptors (Lipinski definition) is 6. The molecule has 1 aromatic heterocycles. The molecule has 1 saturated heterocycles. The summed E-state index contributed by atoms with van der Waals surface area (Å²) in [6.45, 7) is 3.81. The molecule has 2 heterocycles. The molecule has 1 aliphatic rings. The zero-order chi connectivity index (χ0) is 22.1. The van der Waals surface area contributed by atoms with Crippen molar-refractivity contribution in [3.63, 3.8) is 0 Å². The molecule has 0 saturated carbocycles. The van der Waals surface area contributed by atoms with Gasteiger partial charge in [0.15, 0.2) is 11.5 Å². The van der Waals surface area contributed by atoms with Crippen molar-refractivity contribution in [2.24, 2.45) is 0 Å². The molecule has 2 amide bonds. The van der Waals surface area contributed by atoms with E-state index in [1.165, 1.54) is 38.4 Å². The first kappa shape index (κ1) is 22.8. The van der Waals surface area contributed by atoms with E-state index in [1.54, 1.807) is 24.3 Å². The lowest BCUT2D eigenvalue weighted by molar-refractivity contribution is -0.117. The summed E-state index contributed by atoms with van der Waals surface area (Å²) in [6, 6.07) is 8.68. The van der Waals surface area contributed by atoms with Gasteiger partial charge in [-0.1, -0.05) is 6.07 Å². The largest absolute Gasteiger partial charge is 0.493 e. The van der Waals surface area contributed by atoms with E-state index in [4.69, 9.17) is 9.47 Å². The fraction of sp³-hybridized carbons (Fsp3) is 0.391. The van der Waals surface area contributed by atoms with Crippen LogP contribution in [0.25, 0.3) is 6.08 Å². The quantitative estimate of drug-likeness (QED) is 0.436. The Balaban J connectivity index is 1.65. The third-order valence-electron chi connectivity index (χ3n) is 5.10. The molecule has 0 atom stereocenters. The lowest BCUT2D eigenvalue weighted by atomic mass is 10.1. The monoisotopic (exact) mass is 443 g/mol. The van der Waals surface area contributed by atoms with Crippen LogP contribution in [0.1, 0.15) is 34.5 Å². The van der Waals surface area contributed by atoms with Crippen molar-refractivity contribution in [3.05, 3.63) is 51.8 Å². The van der Waals surface area contributed by atoms with Crippen LogP contribution in [-0.2, 0) is 4.79 Å². The number of likely N-dealkylation sites (tertiary alicyclic amines) is 1. The number of thiophene rings is 1. The Bertz CT molecular complexity index is 906. The second-order valence-corrected chi connectivity index (χ2v) is 8.23. The van der Waals surface area contributed by atoms with Gasteiger partial charge in [-0.05, 0) is 74.6 Å². The van der Waals surface area contributed by atoms with Crippen molar-refractivity contribution in [3.8, 4) is 11.5 Å². The molecule has 1 aromatic carbocycles. The number of amides is 2. The maximum absolute atomic E-state index is 12.8. The van der Waals surface area contributed by atoms with Crippen molar-refractivity contribution in [2.75, 3.05) is 40.4 Å². The lowest BCUT2D eigenvalue weighted by Crippen LogP contribution is -2.36. The van der Waals surface area contributed by atoms with Gasteiger partial charge in [-0.25, -0.2) is 0 Å². The number of carbonyl (C=O) groups excluding carboxylic acids is 2. The number of rotatable bonds is 10. The van der Waals surface area contributed by atoms with Gasteiger partial charge in [0, 0.05) is 17.0 Å². The van der Waals surface area contributed by atoms with E-state index in [9.17, 15) is 9.59 Å². The van der Waals surface area contributed by atoms with Crippen LogP contribution >= 0.6 is 11.3 Å². The number of nitrogens with zero attached hydrogens (tertiary/aromatic N) is 1. The highest BCUT2D eigenvalue weighted by Gasteiger charge is 2.17. The molecule has 0 aliphatic carbocycles. The molecule has 2 N–H and O–H groups in total. The van der Waals surface area contributed by atoms with E-state index in [-0.39, 0.29) is 11.6 Å². The maximum atomic E-state index is 12.8. The van der Waals surface area contributed by atoms with Gasteiger partial charge >= 0.3 is 0 Å². The molecule has 0 radical (unpaired) electrons. The molecule has 2 aromatic rings. The third kappa shape index (κ3) is 6.57. The van der Waals surface area contributed by atoms with Crippen LogP contribution in [0, 0.1) is 0 Å². The smallest absolute Gasteiger partial charge is 0.267 e. The normalized spacial score (nSPS) is 14.3. The van der Waals surface area contributed by atoms with Crippen molar-refractivity contribution >= 4 is 29.2 Å². The zero-order valence-electron chi connectivity index (χ0n) is 18.0. The standard InChI is InChI=1S/C23H29N3O4S/c1-29-20-9-8-17(15-21(20)30-2)22(27)25-19(16-18-7-5-14-31-18)23(28)24-10-6-13-26-11-3-4-12-26/h5,7-9,14-16H,3-4,6,10-13H2,1-2H3,(H,24,28)(H,25,27)/b19-16-. The predicted molar refractivity (Wildman–Crippen MR) is 123 cm³/mol. The molecule has 1 fully saturated rings. The summed E-state index contributed by atoms with van der Waals surface area (Å²) in [4.78, 5) is 28.9. The van der Waals surface area contributed by atoms with Crippen LogP contribution in [-0.4, -0.2) is 57.1 Å². The maximum Gasteiger partial charge on any atom is 0.267 e. The number of benzene rings is 1. The van der Waals surface area contributed by atoms with Gasteiger partial charge in [-0.3, -0.25) is 9.59 Å². The summed E-state index contributed by atoms with van der Waals surface area (Å²) >= 11 is 1.50. The van der Waals surface area contributed by atoms with Crippen LogP contribution in [0.15, 0.2) is 41.4 Å². The Kier molecular flexibility index (Phi) is 8.49. The lowest BCUT2D eigenvalue weighted by Gasteiger charge is -2.15. The van der Waals surface area contributed by atoms with E-state index in [2.05, 4.69) is 15.5 Å². The van der Waals surface area contributed by atoms with E-state index in [0.29, 0.717) is 23.6 Å². The highest BCUT2D eigenvalue weighted by Crippen LogP contribution is 2.27. The molecule has 0 spiro atoms. The van der Waals surface area contributed by atoms with E-state index >= 15 is 0 Å². The Morgan fingerprint density at radius 2 is 1.90 bits per heavy atom. The summed E-state index contributed by atoms with van der Waals surface area (Å²) < 4.78 is 10.5. The second kappa shape index (κ2) is 11.5. The first-order valence-corrected chi connectivity index (χ1v) is 11.3. The second-order valence-electron chi connectivity index (χ2n) is 7.26. The summed E-state index contributed by atoms with van der Waals surface area (Å²) in [5.41, 5.74) is 0.583. The zero-order valence-corrected chi connectivity index (χ0v) is 18.8. The minimum atomic E-state index is -0.393. The molecule has 3 rings (SSSR count). The number of hydrogen-bond donors (Lipinski definition) is 2. The summed E-state index contributed by atoms with van der Waals surface area (Å²) in [5.74, 6) is 0.286. The first-order valence-electron chi connectivity index (χ1n) is 10.4. The average Bonchev–Trinajstić information content (AvgIpc) is 3.49. The van der Waals surface area contributed by atoms with Gasteiger partial charge in [0.2, 0.25) is 0 Å². The van der Waals surface area contributed by atoms with Crippen LogP contribution in [0.5, 0.6) is 11.5 Å². The highest BCUT2D eigenvalue weighted by atomic mass is 32.1. The first-order chi connectivity index (χ1) is 15.1. The Labute approximate surface area is 187 Å². The SMILES string of the molecule is COc1ccc(C(=O)N/C(=C\c2cccs2)C(=O)NCCCN2CCCC2)cc1OC. The Hall–Kier alpha value is -2.84. The third-order valence-corrected chi connectivity index (χ3v) is 5.92. The van der Waals surface area contributed by atoms with Crippen molar-refractivity contribution < 1.29 is 19.1 Å². The van der Waals surface area contributed by atoms with Crippen molar-refractivity contribution in [2.45, 2.75) is 19.3 Å². The molecule has 8 heteroatoms. The van der Waals surface area contributed by atoms with Gasteiger partial charge in [-0.15, -0.1) is 11.3 Å². The van der Waals surface area contributed by atoms with Crippen molar-refractivity contribution in [1.29, 1.82) is 0 Å². The van der Waals surface area contributed by atoms with Gasteiger partial charge in [0.05, 0.1) is 14.2 Å². The number of ether oxygens (including phenoxy) is 2. The highest BCUT2D eigenvalue weighted by molar-refractivity contribution is 7.10. The van der Waals surface area contributed by atoms with E-state index in [0.717, 1.165) is 30.9 Å². The van der Waals surface area contributed by atoms with Gasteiger partial charge in [0.1, 0.15) is 5.70 Å². The van der Waals surface area contributed by atoms with Crippen LogP contribution in [0.4, 0.5) is 0 Å². The van der Waals surface area contributed by atoms with E-state index in [1.807, 2.05) is 17.5 Å².